The molecule has 18 heavy (non-hydrogen) atoms. The third-order valence-corrected chi connectivity index (χ3v) is 2.67. The van der Waals surface area contributed by atoms with Crippen LogP contribution in [0, 0.1) is 0 Å². The molecule has 0 amide bonds. The maximum absolute atomic E-state index is 11.8. The van der Waals surface area contributed by atoms with E-state index in [1.165, 1.54) is 19.2 Å². The van der Waals surface area contributed by atoms with Crippen LogP contribution in [0.4, 0.5) is 0 Å². The van der Waals surface area contributed by atoms with Gasteiger partial charge in [-0.25, -0.2) is 4.79 Å². The summed E-state index contributed by atoms with van der Waals surface area (Å²) in [6, 6.07) is 4.52. The number of furan rings is 1. The maximum Gasteiger partial charge on any atom is 0.371 e. The third-order valence-electron chi connectivity index (χ3n) is 2.67. The minimum Gasteiger partial charge on any atom is -0.496 e. The van der Waals surface area contributed by atoms with Crippen LogP contribution in [0.2, 0.25) is 0 Å². The van der Waals surface area contributed by atoms with Crippen molar-refractivity contribution in [3.63, 3.8) is 0 Å². The average molecular weight is 248 g/mol. The van der Waals surface area contributed by atoms with Crippen molar-refractivity contribution in [1.29, 1.82) is 0 Å². The molecule has 1 N–H and O–H groups in total. The lowest BCUT2D eigenvalue weighted by Crippen LogP contribution is -2.00. The largest absolute Gasteiger partial charge is 0.496 e. The monoisotopic (exact) mass is 248 g/mol. The molecule has 0 fully saturated rings. The number of carbonyl (C=O) groups excluding carboxylic acids is 1. The number of benzene rings is 1. The molecule has 0 unspecified atom stereocenters. The van der Waals surface area contributed by atoms with Crippen molar-refractivity contribution in [2.45, 2.75) is 13.3 Å². The topological polar surface area (TPSA) is 76.7 Å². The number of hydrogen-bond donors (Lipinski definition) is 1. The van der Waals surface area contributed by atoms with Gasteiger partial charge in [0, 0.05) is 17.9 Å². The highest BCUT2D eigenvalue weighted by molar-refractivity contribution is 6.03. The van der Waals surface area contributed by atoms with Gasteiger partial charge in [0.2, 0.25) is 5.76 Å². The van der Waals surface area contributed by atoms with Gasteiger partial charge in [0.25, 0.3) is 0 Å². The summed E-state index contributed by atoms with van der Waals surface area (Å²) >= 11 is 0. The minimum absolute atomic E-state index is 0.0631. The number of fused-ring (bicyclic) bond motifs is 1. The standard InChI is InChI=1S/C13H12O5/c1-3-9(14)8-4-7-5-12(13(15)16)18-10(7)6-11(8)17-2/h4-6H,3H2,1-2H3,(H,15,16). The van der Waals surface area contributed by atoms with Gasteiger partial charge in [0.15, 0.2) is 5.78 Å². The summed E-state index contributed by atoms with van der Waals surface area (Å²) in [6.07, 6.45) is 0.353. The zero-order valence-corrected chi connectivity index (χ0v) is 10.0. The first-order valence-electron chi connectivity index (χ1n) is 5.45. The van der Waals surface area contributed by atoms with Crippen LogP contribution >= 0.6 is 0 Å². The van der Waals surface area contributed by atoms with Gasteiger partial charge in [0.05, 0.1) is 12.7 Å². The fourth-order valence-corrected chi connectivity index (χ4v) is 1.75. The summed E-state index contributed by atoms with van der Waals surface area (Å²) in [5, 5.41) is 9.42. The third kappa shape index (κ3) is 1.95. The Kier molecular flexibility index (Phi) is 3.06. The van der Waals surface area contributed by atoms with E-state index in [0.717, 1.165) is 0 Å². The Morgan fingerprint density at radius 2 is 2.06 bits per heavy atom. The van der Waals surface area contributed by atoms with Gasteiger partial charge in [0.1, 0.15) is 11.3 Å². The van der Waals surface area contributed by atoms with Crippen LogP contribution in [0.3, 0.4) is 0 Å². The molecule has 1 aromatic carbocycles. The van der Waals surface area contributed by atoms with E-state index in [1.807, 2.05) is 0 Å². The fraction of sp³-hybridized carbons (Fsp3) is 0.231. The van der Waals surface area contributed by atoms with Gasteiger partial charge in [-0.05, 0) is 12.1 Å². The number of Topliss-reactive ketones (excluding diaryl/α,β-unsaturated/α-hetero) is 1. The molecule has 0 aliphatic heterocycles. The molecule has 2 aromatic rings. The molecule has 2 rings (SSSR count). The number of rotatable bonds is 4. The number of carboxylic acid groups (broad SMARTS) is 1. The van der Waals surface area contributed by atoms with Crippen LogP contribution in [-0.4, -0.2) is 24.0 Å². The van der Waals surface area contributed by atoms with Crippen molar-refractivity contribution in [2.75, 3.05) is 7.11 Å². The first kappa shape index (κ1) is 12.2. The van der Waals surface area contributed by atoms with E-state index in [4.69, 9.17) is 14.3 Å². The normalized spacial score (nSPS) is 10.6. The van der Waals surface area contributed by atoms with Gasteiger partial charge in [-0.15, -0.1) is 0 Å². The van der Waals surface area contributed by atoms with E-state index in [0.29, 0.717) is 28.7 Å². The van der Waals surface area contributed by atoms with Crippen LogP contribution in [0.5, 0.6) is 5.75 Å². The summed E-state index contributed by atoms with van der Waals surface area (Å²) in [4.78, 5) is 22.6. The summed E-state index contributed by atoms with van der Waals surface area (Å²) in [5.74, 6) is -0.978. The van der Waals surface area contributed by atoms with Crippen molar-refractivity contribution >= 4 is 22.7 Å². The quantitative estimate of drug-likeness (QED) is 0.842. The molecular weight excluding hydrogens is 236 g/mol. The van der Waals surface area contributed by atoms with Crippen molar-refractivity contribution in [2.24, 2.45) is 0 Å². The van der Waals surface area contributed by atoms with Gasteiger partial charge in [-0.3, -0.25) is 4.79 Å². The predicted molar refractivity (Wildman–Crippen MR) is 64.3 cm³/mol. The van der Waals surface area contributed by atoms with E-state index in [-0.39, 0.29) is 11.5 Å². The highest BCUT2D eigenvalue weighted by Crippen LogP contribution is 2.29. The number of methoxy groups -OCH3 is 1. The average Bonchev–Trinajstić information content (AvgIpc) is 2.79. The summed E-state index contributed by atoms with van der Waals surface area (Å²) < 4.78 is 10.3. The van der Waals surface area contributed by atoms with Gasteiger partial charge in [-0.2, -0.15) is 0 Å². The zero-order valence-electron chi connectivity index (χ0n) is 10.0. The Balaban J connectivity index is 2.65. The van der Waals surface area contributed by atoms with Crippen molar-refractivity contribution in [1.82, 2.24) is 0 Å². The second kappa shape index (κ2) is 4.52. The van der Waals surface area contributed by atoms with E-state index < -0.39 is 5.97 Å². The Bertz CT molecular complexity index is 624. The molecule has 1 heterocycles. The minimum atomic E-state index is -1.14. The van der Waals surface area contributed by atoms with Crippen molar-refractivity contribution in [3.8, 4) is 5.75 Å². The number of ketones is 1. The molecule has 5 heteroatoms. The molecule has 0 aliphatic carbocycles. The fourth-order valence-electron chi connectivity index (χ4n) is 1.75. The molecular formula is C13H12O5. The molecule has 0 spiro atoms. The molecule has 5 nitrogen and oxygen atoms in total. The van der Waals surface area contributed by atoms with Gasteiger partial charge in [-0.1, -0.05) is 6.92 Å². The Morgan fingerprint density at radius 1 is 1.33 bits per heavy atom. The number of aromatic carboxylic acids is 1. The number of carboxylic acids is 1. The molecule has 0 atom stereocenters. The van der Waals surface area contributed by atoms with Crippen LogP contribution < -0.4 is 4.74 Å². The number of hydrogen-bond acceptors (Lipinski definition) is 4. The first-order valence-corrected chi connectivity index (χ1v) is 5.45. The molecule has 0 saturated heterocycles. The SMILES string of the molecule is CCC(=O)c1cc2cc(C(=O)O)oc2cc1OC. The number of carbonyl (C=O) groups is 2. The first-order chi connectivity index (χ1) is 8.56. The van der Waals surface area contributed by atoms with E-state index in [1.54, 1.807) is 13.0 Å². The molecule has 0 bridgehead atoms. The zero-order chi connectivity index (χ0) is 13.3. The van der Waals surface area contributed by atoms with Crippen LogP contribution in [-0.2, 0) is 0 Å². The van der Waals surface area contributed by atoms with Crippen LogP contribution in [0.15, 0.2) is 22.6 Å². The lowest BCUT2D eigenvalue weighted by Gasteiger charge is -2.06. The summed E-state index contributed by atoms with van der Waals surface area (Å²) in [5.41, 5.74) is 0.821. The molecule has 0 saturated carbocycles. The van der Waals surface area contributed by atoms with Crippen molar-refractivity contribution in [3.05, 3.63) is 29.5 Å². The van der Waals surface area contributed by atoms with Gasteiger partial charge < -0.3 is 14.3 Å². The predicted octanol–water partition coefficient (Wildman–Crippen LogP) is 2.73. The lowest BCUT2D eigenvalue weighted by atomic mass is 10.1. The number of ether oxygens (including phenoxy) is 1. The Hall–Kier alpha value is -2.30. The van der Waals surface area contributed by atoms with E-state index >= 15 is 0 Å². The highest BCUT2D eigenvalue weighted by Gasteiger charge is 2.16. The Labute approximate surface area is 103 Å². The summed E-state index contributed by atoms with van der Waals surface area (Å²) in [7, 11) is 1.45. The molecule has 1 aromatic heterocycles. The van der Waals surface area contributed by atoms with E-state index in [9.17, 15) is 9.59 Å². The Morgan fingerprint density at radius 3 is 2.61 bits per heavy atom. The van der Waals surface area contributed by atoms with Crippen molar-refractivity contribution < 1.29 is 23.8 Å². The highest BCUT2D eigenvalue weighted by atomic mass is 16.5. The summed E-state index contributed by atoms with van der Waals surface area (Å²) in [6.45, 7) is 1.75. The van der Waals surface area contributed by atoms with Crippen LogP contribution in [0.1, 0.15) is 34.3 Å². The van der Waals surface area contributed by atoms with Gasteiger partial charge >= 0.3 is 5.97 Å². The second-order valence-corrected chi connectivity index (χ2v) is 3.78. The second-order valence-electron chi connectivity index (χ2n) is 3.78. The molecule has 0 aliphatic rings. The smallest absolute Gasteiger partial charge is 0.371 e. The molecule has 94 valence electrons. The van der Waals surface area contributed by atoms with E-state index in [2.05, 4.69) is 0 Å². The molecule has 0 radical (unpaired) electrons. The maximum atomic E-state index is 11.8. The lowest BCUT2D eigenvalue weighted by molar-refractivity contribution is 0.0664. The van der Waals surface area contributed by atoms with Crippen LogP contribution in [0.25, 0.3) is 11.0 Å².